The maximum absolute atomic E-state index is 12.4. The Balaban J connectivity index is 1.80. The van der Waals surface area contributed by atoms with Crippen molar-refractivity contribution in [1.29, 1.82) is 0 Å². The summed E-state index contributed by atoms with van der Waals surface area (Å²) in [6, 6.07) is 0. The van der Waals surface area contributed by atoms with E-state index >= 15 is 0 Å². The molecule has 2 N–H and O–H groups in total. The summed E-state index contributed by atoms with van der Waals surface area (Å²) in [5.74, 6) is -0.249. The topological polar surface area (TPSA) is 86.3 Å². The summed E-state index contributed by atoms with van der Waals surface area (Å²) in [6.07, 6.45) is 6.07. The molecule has 1 saturated heterocycles. The van der Waals surface area contributed by atoms with E-state index in [2.05, 4.69) is 9.97 Å². The van der Waals surface area contributed by atoms with Gasteiger partial charge in [-0.1, -0.05) is 6.42 Å². The Morgan fingerprint density at radius 1 is 1.32 bits per heavy atom. The highest BCUT2D eigenvalue weighted by Crippen LogP contribution is 2.34. The van der Waals surface area contributed by atoms with Gasteiger partial charge in [0.15, 0.2) is 11.4 Å². The van der Waals surface area contributed by atoms with Crippen LogP contribution in [-0.2, 0) is 0 Å². The number of fused-ring (bicyclic) bond motifs is 2. The van der Waals surface area contributed by atoms with Gasteiger partial charge in [0.25, 0.3) is 5.91 Å². The number of carboxylic acid groups (broad SMARTS) is 1. The second-order valence-electron chi connectivity index (χ2n) is 5.54. The molecule has 2 bridgehead atoms. The van der Waals surface area contributed by atoms with Crippen LogP contribution >= 0.6 is 0 Å². The highest BCUT2D eigenvalue weighted by molar-refractivity contribution is 6.02. The highest BCUT2D eigenvalue weighted by Gasteiger charge is 2.34. The van der Waals surface area contributed by atoms with Crippen LogP contribution in [0.2, 0.25) is 0 Å². The molecule has 6 nitrogen and oxygen atoms in total. The quantitative estimate of drug-likeness (QED) is 0.843. The molecule has 1 aromatic rings. The van der Waals surface area contributed by atoms with E-state index in [1.807, 2.05) is 0 Å². The predicted molar refractivity (Wildman–Crippen MR) is 66.9 cm³/mol. The number of likely N-dealkylation sites (tertiary alicyclic amines) is 1. The molecule has 6 heteroatoms. The summed E-state index contributed by atoms with van der Waals surface area (Å²) in [6.45, 7) is 1.47. The number of piperidine rings is 1. The van der Waals surface area contributed by atoms with Gasteiger partial charge in [0.05, 0.1) is 6.33 Å². The number of aromatic carboxylic acids is 1. The van der Waals surface area contributed by atoms with Gasteiger partial charge in [-0.3, -0.25) is 4.79 Å². The molecule has 2 fully saturated rings. The Morgan fingerprint density at radius 3 is 2.63 bits per heavy atom. The molecule has 1 aliphatic carbocycles. The Kier molecular flexibility index (Phi) is 3.00. The molecule has 19 heavy (non-hydrogen) atoms. The van der Waals surface area contributed by atoms with Gasteiger partial charge >= 0.3 is 5.97 Å². The lowest BCUT2D eigenvalue weighted by molar-refractivity contribution is 0.0491. The summed E-state index contributed by atoms with van der Waals surface area (Å²) in [4.78, 5) is 31.6. The van der Waals surface area contributed by atoms with Crippen molar-refractivity contribution in [3.63, 3.8) is 0 Å². The third kappa shape index (κ3) is 2.22. The molecule has 0 aromatic carbocycles. The first-order chi connectivity index (χ1) is 9.15. The van der Waals surface area contributed by atoms with E-state index in [4.69, 9.17) is 5.11 Å². The summed E-state index contributed by atoms with van der Waals surface area (Å²) in [5, 5.41) is 9.02. The van der Waals surface area contributed by atoms with Gasteiger partial charge in [-0.25, -0.2) is 9.78 Å². The lowest BCUT2D eigenvalue weighted by atomic mass is 9.78. The minimum Gasteiger partial charge on any atom is -0.477 e. The Hall–Kier alpha value is -1.85. The van der Waals surface area contributed by atoms with Crippen LogP contribution in [0.4, 0.5) is 0 Å². The molecule has 1 aromatic heterocycles. The fourth-order valence-corrected chi connectivity index (χ4v) is 3.37. The van der Waals surface area contributed by atoms with Crippen LogP contribution in [-0.4, -0.2) is 44.9 Å². The lowest BCUT2D eigenvalue weighted by Gasteiger charge is -2.41. The third-order valence-corrected chi connectivity index (χ3v) is 4.19. The molecule has 0 radical (unpaired) electrons. The zero-order chi connectivity index (χ0) is 13.4. The highest BCUT2D eigenvalue weighted by atomic mass is 16.4. The molecule has 1 amide bonds. The maximum Gasteiger partial charge on any atom is 0.354 e. The van der Waals surface area contributed by atoms with Gasteiger partial charge < -0.3 is 15.0 Å². The van der Waals surface area contributed by atoms with Crippen LogP contribution < -0.4 is 0 Å². The monoisotopic (exact) mass is 263 g/mol. The Bertz CT molecular complexity index is 499. The first kappa shape index (κ1) is 12.2. The smallest absolute Gasteiger partial charge is 0.354 e. The number of hydrogen-bond acceptors (Lipinski definition) is 3. The molecular formula is C13H17N3O3. The molecule has 1 saturated carbocycles. The molecule has 3 rings (SSSR count). The number of carbonyl (C=O) groups excluding carboxylic acids is 1. The third-order valence-electron chi connectivity index (χ3n) is 4.19. The van der Waals surface area contributed by atoms with Crippen molar-refractivity contribution in [3.8, 4) is 0 Å². The van der Waals surface area contributed by atoms with Crippen LogP contribution in [0.3, 0.4) is 0 Å². The zero-order valence-electron chi connectivity index (χ0n) is 10.6. The fraction of sp³-hybridized carbons (Fsp3) is 0.615. The van der Waals surface area contributed by atoms with Gasteiger partial charge in [0.1, 0.15) is 0 Å². The average Bonchev–Trinajstić information content (AvgIpc) is 2.86. The summed E-state index contributed by atoms with van der Waals surface area (Å²) in [7, 11) is 0. The van der Waals surface area contributed by atoms with E-state index in [1.165, 1.54) is 32.0 Å². The van der Waals surface area contributed by atoms with Crippen LogP contribution in [0.15, 0.2) is 6.33 Å². The number of carbonyl (C=O) groups is 2. The lowest BCUT2D eigenvalue weighted by Crippen LogP contribution is -2.46. The predicted octanol–water partition coefficient (Wildman–Crippen LogP) is 1.37. The van der Waals surface area contributed by atoms with Crippen molar-refractivity contribution in [1.82, 2.24) is 14.9 Å². The van der Waals surface area contributed by atoms with Gasteiger partial charge in [-0.2, -0.15) is 0 Å². The van der Waals surface area contributed by atoms with Gasteiger partial charge in [-0.15, -0.1) is 0 Å². The van der Waals surface area contributed by atoms with Crippen molar-refractivity contribution in [3.05, 3.63) is 17.7 Å². The number of hydrogen-bond donors (Lipinski definition) is 2. The number of aromatic amines is 1. The van der Waals surface area contributed by atoms with E-state index in [1.54, 1.807) is 4.90 Å². The standard InChI is InChI=1S/C13H17N3O3/c17-12(10-11(13(18)19)15-7-14-10)16-5-8-2-1-3-9(4-8)6-16/h7-9H,1-6H2,(H,14,15)(H,18,19). The number of imidazole rings is 1. The van der Waals surface area contributed by atoms with Crippen LogP contribution in [0.5, 0.6) is 0 Å². The fourth-order valence-electron chi connectivity index (χ4n) is 3.37. The Labute approximate surface area is 110 Å². The SMILES string of the molecule is O=C(O)c1[nH]cnc1C(=O)N1CC2CCCC(C2)C1. The van der Waals surface area contributed by atoms with Gasteiger partial charge in [0, 0.05) is 13.1 Å². The molecule has 2 atom stereocenters. The summed E-state index contributed by atoms with van der Waals surface area (Å²) < 4.78 is 0. The van der Waals surface area contributed by atoms with Crippen LogP contribution in [0, 0.1) is 11.8 Å². The molecule has 0 spiro atoms. The second-order valence-corrected chi connectivity index (χ2v) is 5.54. The zero-order valence-corrected chi connectivity index (χ0v) is 10.6. The Morgan fingerprint density at radius 2 is 2.00 bits per heavy atom. The first-order valence-corrected chi connectivity index (χ1v) is 6.71. The van der Waals surface area contributed by atoms with E-state index < -0.39 is 5.97 Å². The second kappa shape index (κ2) is 4.68. The van der Waals surface area contributed by atoms with Crippen LogP contribution in [0.25, 0.3) is 0 Å². The molecule has 2 aliphatic rings. The van der Waals surface area contributed by atoms with Crippen molar-refractivity contribution in [2.24, 2.45) is 11.8 Å². The number of carboxylic acids is 1. The molecule has 102 valence electrons. The number of rotatable bonds is 2. The normalized spacial score (nSPS) is 26.2. The number of H-pyrrole nitrogens is 1. The van der Waals surface area contributed by atoms with E-state index in [9.17, 15) is 9.59 Å². The van der Waals surface area contributed by atoms with Gasteiger partial charge in [-0.05, 0) is 31.1 Å². The van der Waals surface area contributed by atoms with E-state index in [0.717, 1.165) is 13.1 Å². The minimum absolute atomic E-state index is 0.0347. The minimum atomic E-state index is -1.14. The van der Waals surface area contributed by atoms with Crippen LogP contribution in [0.1, 0.15) is 46.7 Å². The van der Waals surface area contributed by atoms with Crippen molar-refractivity contribution in [2.75, 3.05) is 13.1 Å². The average molecular weight is 263 g/mol. The number of aromatic nitrogens is 2. The molecule has 1 aliphatic heterocycles. The van der Waals surface area contributed by atoms with E-state index in [0.29, 0.717) is 11.8 Å². The number of nitrogens with zero attached hydrogens (tertiary/aromatic N) is 2. The summed E-state index contributed by atoms with van der Waals surface area (Å²) in [5.41, 5.74) is -0.0757. The van der Waals surface area contributed by atoms with Crippen molar-refractivity contribution >= 4 is 11.9 Å². The van der Waals surface area contributed by atoms with E-state index in [-0.39, 0.29) is 17.3 Å². The summed E-state index contributed by atoms with van der Waals surface area (Å²) >= 11 is 0. The molecular weight excluding hydrogens is 246 g/mol. The maximum atomic E-state index is 12.4. The van der Waals surface area contributed by atoms with Crippen molar-refractivity contribution < 1.29 is 14.7 Å². The van der Waals surface area contributed by atoms with Gasteiger partial charge in [0.2, 0.25) is 0 Å². The van der Waals surface area contributed by atoms with Crippen molar-refractivity contribution in [2.45, 2.75) is 25.7 Å². The number of nitrogens with one attached hydrogen (secondary N) is 1. The molecule has 2 unspecified atom stereocenters. The molecule has 2 heterocycles. The largest absolute Gasteiger partial charge is 0.477 e. The number of amides is 1. The first-order valence-electron chi connectivity index (χ1n) is 6.71.